The van der Waals surface area contributed by atoms with E-state index >= 15 is 0 Å². The molecule has 1 heterocycles. The van der Waals surface area contributed by atoms with Crippen LogP contribution in [0.3, 0.4) is 0 Å². The molecule has 1 aliphatic rings. The molecule has 0 aromatic heterocycles. The molecular formula is C13H19FN2O4S. The summed E-state index contributed by atoms with van der Waals surface area (Å²) in [6.07, 6.45) is 1.17. The molecule has 0 unspecified atom stereocenters. The van der Waals surface area contributed by atoms with Gasteiger partial charge in [-0.25, -0.2) is 12.8 Å². The van der Waals surface area contributed by atoms with Gasteiger partial charge in [0.05, 0.1) is 17.7 Å². The van der Waals surface area contributed by atoms with E-state index in [-0.39, 0.29) is 28.9 Å². The minimum Gasteiger partial charge on any atom is -0.492 e. The smallest absolute Gasteiger partial charge is 0.243 e. The minimum absolute atomic E-state index is 0.0536. The first kappa shape index (κ1) is 16.0. The summed E-state index contributed by atoms with van der Waals surface area (Å²) in [7, 11) is -2.52. The van der Waals surface area contributed by atoms with Crippen molar-refractivity contribution in [1.29, 1.82) is 0 Å². The fourth-order valence-corrected chi connectivity index (χ4v) is 3.95. The Balaban J connectivity index is 2.28. The number of sulfonamides is 1. The van der Waals surface area contributed by atoms with E-state index in [4.69, 9.17) is 15.6 Å². The molecule has 2 rings (SSSR count). The van der Waals surface area contributed by atoms with Crippen LogP contribution in [0.15, 0.2) is 17.0 Å². The monoisotopic (exact) mass is 318 g/mol. The van der Waals surface area contributed by atoms with Gasteiger partial charge in [0.25, 0.3) is 0 Å². The number of methoxy groups -OCH3 is 1. The average Bonchev–Trinajstić information content (AvgIpc) is 2.47. The highest BCUT2D eigenvalue weighted by atomic mass is 32.2. The van der Waals surface area contributed by atoms with E-state index in [1.54, 1.807) is 0 Å². The minimum atomic E-state index is -3.79. The molecule has 1 saturated heterocycles. The standard InChI is InChI=1S/C13H19FN2O4S/c1-20-13-11(14)6-10(7-12(13)15)21(18,19)16-4-2-9(8-17)3-5-16/h6-7,9,17H,2-5,8,15H2,1H3. The van der Waals surface area contributed by atoms with Crippen molar-refractivity contribution in [2.24, 2.45) is 5.92 Å². The molecule has 1 aromatic carbocycles. The zero-order valence-electron chi connectivity index (χ0n) is 11.8. The van der Waals surface area contributed by atoms with Crippen LogP contribution in [0, 0.1) is 11.7 Å². The summed E-state index contributed by atoms with van der Waals surface area (Å²) in [6.45, 7) is 0.667. The summed E-state index contributed by atoms with van der Waals surface area (Å²) >= 11 is 0. The molecule has 0 amide bonds. The molecule has 8 heteroatoms. The van der Waals surface area contributed by atoms with Gasteiger partial charge in [-0.05, 0) is 30.9 Å². The zero-order valence-corrected chi connectivity index (χ0v) is 12.6. The number of nitrogens with two attached hydrogens (primary N) is 1. The molecule has 1 fully saturated rings. The summed E-state index contributed by atoms with van der Waals surface area (Å²) in [5.74, 6) is -0.844. The highest BCUT2D eigenvalue weighted by Gasteiger charge is 2.30. The predicted molar refractivity (Wildman–Crippen MR) is 75.9 cm³/mol. The van der Waals surface area contributed by atoms with Gasteiger partial charge in [0.15, 0.2) is 11.6 Å². The average molecular weight is 318 g/mol. The number of nitrogen functional groups attached to an aromatic ring is 1. The number of ether oxygens (including phenoxy) is 1. The van der Waals surface area contributed by atoms with Crippen LogP contribution in [0.1, 0.15) is 12.8 Å². The van der Waals surface area contributed by atoms with Crippen LogP contribution in [-0.2, 0) is 10.0 Å². The molecule has 3 N–H and O–H groups in total. The maximum Gasteiger partial charge on any atom is 0.243 e. The Morgan fingerprint density at radius 2 is 2.05 bits per heavy atom. The normalized spacial score (nSPS) is 17.9. The fourth-order valence-electron chi connectivity index (χ4n) is 2.43. The SMILES string of the molecule is COc1c(N)cc(S(=O)(=O)N2CCC(CO)CC2)cc1F. The summed E-state index contributed by atoms with van der Waals surface area (Å²) in [4.78, 5) is -0.180. The number of piperidine rings is 1. The molecule has 0 aliphatic carbocycles. The largest absolute Gasteiger partial charge is 0.492 e. The van der Waals surface area contributed by atoms with Crippen molar-refractivity contribution in [3.05, 3.63) is 17.9 Å². The maximum absolute atomic E-state index is 13.8. The second-order valence-corrected chi connectivity index (χ2v) is 7.00. The number of hydrogen-bond donors (Lipinski definition) is 2. The lowest BCUT2D eigenvalue weighted by atomic mass is 10.00. The number of halogens is 1. The molecule has 6 nitrogen and oxygen atoms in total. The van der Waals surface area contributed by atoms with E-state index in [1.807, 2.05) is 0 Å². The lowest BCUT2D eigenvalue weighted by Gasteiger charge is -2.30. The number of aliphatic hydroxyl groups excluding tert-OH is 1. The summed E-state index contributed by atoms with van der Waals surface area (Å²) in [6, 6.07) is 2.12. The summed E-state index contributed by atoms with van der Waals surface area (Å²) in [5, 5.41) is 9.08. The van der Waals surface area contributed by atoms with Gasteiger partial charge in [-0.1, -0.05) is 0 Å². The van der Waals surface area contributed by atoms with Crippen LogP contribution in [0.2, 0.25) is 0 Å². The molecule has 118 valence electrons. The topological polar surface area (TPSA) is 92.9 Å². The number of nitrogens with zero attached hydrogens (tertiary/aromatic N) is 1. The molecule has 0 bridgehead atoms. The Kier molecular flexibility index (Phi) is 4.70. The van der Waals surface area contributed by atoms with Crippen molar-refractivity contribution in [3.63, 3.8) is 0 Å². The van der Waals surface area contributed by atoms with Crippen molar-refractivity contribution >= 4 is 15.7 Å². The first-order valence-electron chi connectivity index (χ1n) is 6.64. The summed E-state index contributed by atoms with van der Waals surface area (Å²) in [5.41, 5.74) is 5.57. The van der Waals surface area contributed by atoms with Gasteiger partial charge in [-0.3, -0.25) is 0 Å². The van der Waals surface area contributed by atoms with Crippen LogP contribution in [0.4, 0.5) is 10.1 Å². The number of hydrogen-bond acceptors (Lipinski definition) is 5. The number of rotatable bonds is 4. The van der Waals surface area contributed by atoms with Crippen LogP contribution in [0.25, 0.3) is 0 Å². The molecule has 0 spiro atoms. The highest BCUT2D eigenvalue weighted by Crippen LogP contribution is 2.31. The number of aliphatic hydroxyl groups is 1. The van der Waals surface area contributed by atoms with Crippen LogP contribution < -0.4 is 10.5 Å². The van der Waals surface area contributed by atoms with Crippen molar-refractivity contribution in [2.75, 3.05) is 32.5 Å². The van der Waals surface area contributed by atoms with Gasteiger partial charge >= 0.3 is 0 Å². The van der Waals surface area contributed by atoms with Gasteiger partial charge in [-0.2, -0.15) is 4.31 Å². The lowest BCUT2D eigenvalue weighted by Crippen LogP contribution is -2.39. The van der Waals surface area contributed by atoms with E-state index < -0.39 is 15.8 Å². The van der Waals surface area contributed by atoms with E-state index in [1.165, 1.54) is 17.5 Å². The fraction of sp³-hybridized carbons (Fsp3) is 0.538. The Morgan fingerprint density at radius 1 is 1.43 bits per heavy atom. The van der Waals surface area contributed by atoms with Crippen molar-refractivity contribution in [2.45, 2.75) is 17.7 Å². The molecule has 0 saturated carbocycles. The second-order valence-electron chi connectivity index (χ2n) is 5.06. The van der Waals surface area contributed by atoms with Crippen LogP contribution >= 0.6 is 0 Å². The molecule has 0 radical (unpaired) electrons. The van der Waals surface area contributed by atoms with Crippen molar-refractivity contribution < 1.29 is 22.7 Å². The van der Waals surface area contributed by atoms with E-state index in [0.717, 1.165) is 6.07 Å². The predicted octanol–water partition coefficient (Wildman–Crippen LogP) is 0.809. The Labute approximate surface area is 123 Å². The maximum atomic E-state index is 13.8. The van der Waals surface area contributed by atoms with Crippen LogP contribution in [0.5, 0.6) is 5.75 Å². The van der Waals surface area contributed by atoms with Gasteiger partial charge in [0.2, 0.25) is 10.0 Å². The highest BCUT2D eigenvalue weighted by molar-refractivity contribution is 7.89. The lowest BCUT2D eigenvalue weighted by molar-refractivity contribution is 0.170. The number of anilines is 1. The quantitative estimate of drug-likeness (QED) is 0.801. The van der Waals surface area contributed by atoms with Gasteiger partial charge in [-0.15, -0.1) is 0 Å². The Bertz CT molecular complexity index is 590. The van der Waals surface area contributed by atoms with Gasteiger partial charge < -0.3 is 15.6 Å². The summed E-state index contributed by atoms with van der Waals surface area (Å²) < 4.78 is 44.9. The molecule has 1 aromatic rings. The number of benzene rings is 1. The molecule has 0 atom stereocenters. The zero-order chi connectivity index (χ0) is 15.6. The van der Waals surface area contributed by atoms with Crippen molar-refractivity contribution in [1.82, 2.24) is 4.31 Å². The van der Waals surface area contributed by atoms with E-state index in [9.17, 15) is 12.8 Å². The van der Waals surface area contributed by atoms with E-state index in [2.05, 4.69) is 0 Å². The van der Waals surface area contributed by atoms with Crippen LogP contribution in [-0.4, -0.2) is 44.6 Å². The van der Waals surface area contributed by atoms with Gasteiger partial charge in [0.1, 0.15) is 0 Å². The third-order valence-corrected chi connectivity index (χ3v) is 5.60. The molecular weight excluding hydrogens is 299 g/mol. The molecule has 21 heavy (non-hydrogen) atoms. The third-order valence-electron chi connectivity index (χ3n) is 3.72. The first-order chi connectivity index (χ1) is 9.90. The molecule has 1 aliphatic heterocycles. The van der Waals surface area contributed by atoms with Gasteiger partial charge in [0, 0.05) is 19.7 Å². The first-order valence-corrected chi connectivity index (χ1v) is 8.08. The van der Waals surface area contributed by atoms with Crippen molar-refractivity contribution in [3.8, 4) is 5.75 Å². The Hall–Kier alpha value is -1.38. The second kappa shape index (κ2) is 6.17. The third kappa shape index (κ3) is 3.12. The van der Waals surface area contributed by atoms with E-state index in [0.29, 0.717) is 25.9 Å². The Morgan fingerprint density at radius 3 is 2.52 bits per heavy atom.